The number of likely N-dealkylation sites (tertiary alicyclic amines) is 1. The third kappa shape index (κ3) is 4.52. The molecule has 0 aromatic carbocycles. The van der Waals surface area contributed by atoms with Crippen molar-refractivity contribution in [2.75, 3.05) is 13.1 Å². The number of hydrogen-bond donors (Lipinski definition) is 0. The second kappa shape index (κ2) is 6.56. The number of ether oxygens (including phenoxy) is 1. The van der Waals surface area contributed by atoms with Crippen LogP contribution in [0.3, 0.4) is 0 Å². The molecule has 2 rings (SSSR count). The number of carbonyl (C=O) groups is 1. The molecule has 0 N–H and O–H groups in total. The first-order valence-corrected chi connectivity index (χ1v) is 8.36. The van der Waals surface area contributed by atoms with E-state index in [0.29, 0.717) is 13.1 Å². The number of amides is 1. The first-order valence-electron chi connectivity index (χ1n) is 7.15. The van der Waals surface area contributed by atoms with Crippen LogP contribution in [0.4, 0.5) is 4.79 Å². The third-order valence-corrected chi connectivity index (χ3v) is 5.09. The molecule has 1 saturated heterocycles. The molecule has 1 amide bonds. The molecule has 0 spiro atoms. The Labute approximate surface area is 128 Å². The Kier molecular flexibility index (Phi) is 4.98. The molecule has 1 aromatic heterocycles. The lowest BCUT2D eigenvalue weighted by Crippen LogP contribution is -2.43. The van der Waals surface area contributed by atoms with Crippen molar-refractivity contribution in [1.82, 2.24) is 9.88 Å². The lowest BCUT2D eigenvalue weighted by atomic mass is 10.1. The molecule has 5 nitrogen and oxygen atoms in total. The van der Waals surface area contributed by atoms with E-state index in [0.717, 1.165) is 17.7 Å². The van der Waals surface area contributed by atoms with Crippen LogP contribution in [0, 0.1) is 0 Å². The van der Waals surface area contributed by atoms with Crippen molar-refractivity contribution in [3.8, 4) is 0 Å². The number of hydrogen-bond acceptors (Lipinski definition) is 4. The minimum Gasteiger partial charge on any atom is -0.444 e. The number of nitrogens with zero attached hydrogens (tertiary/aromatic N) is 2. The normalized spacial score (nSPS) is 18.3. The maximum Gasteiger partial charge on any atom is 0.410 e. The Morgan fingerprint density at radius 1 is 1.29 bits per heavy atom. The van der Waals surface area contributed by atoms with Gasteiger partial charge in [-0.05, 0) is 45.7 Å². The summed E-state index contributed by atoms with van der Waals surface area (Å²) < 4.78 is 17.8. The number of aromatic nitrogens is 1. The molecule has 2 heterocycles. The van der Waals surface area contributed by atoms with Gasteiger partial charge in [0.25, 0.3) is 0 Å². The Morgan fingerprint density at radius 3 is 2.38 bits per heavy atom. The fourth-order valence-electron chi connectivity index (χ4n) is 2.24. The molecule has 0 bridgehead atoms. The van der Waals surface area contributed by atoms with E-state index in [4.69, 9.17) is 4.74 Å². The molecule has 0 radical (unpaired) electrons. The first kappa shape index (κ1) is 15.9. The predicted molar refractivity (Wildman–Crippen MR) is 81.5 cm³/mol. The summed E-state index contributed by atoms with van der Waals surface area (Å²) in [6.45, 7) is 6.76. The van der Waals surface area contributed by atoms with Crippen LogP contribution < -0.4 is 0 Å². The molecular weight excluding hydrogens is 288 g/mol. The summed E-state index contributed by atoms with van der Waals surface area (Å²) in [6, 6.07) is 3.58. The highest BCUT2D eigenvalue weighted by atomic mass is 32.2. The largest absolute Gasteiger partial charge is 0.444 e. The minimum absolute atomic E-state index is 0.0890. The van der Waals surface area contributed by atoms with Gasteiger partial charge in [0, 0.05) is 35.6 Å². The smallest absolute Gasteiger partial charge is 0.410 e. The molecule has 0 saturated carbocycles. The molecule has 0 aliphatic carbocycles. The van der Waals surface area contributed by atoms with E-state index in [2.05, 4.69) is 4.98 Å². The summed E-state index contributed by atoms with van der Waals surface area (Å²) in [5, 5.41) is 0.0890. The van der Waals surface area contributed by atoms with Crippen molar-refractivity contribution in [2.24, 2.45) is 0 Å². The Balaban J connectivity index is 1.89. The molecule has 1 atom stereocenters. The Morgan fingerprint density at radius 2 is 1.86 bits per heavy atom. The zero-order valence-electron chi connectivity index (χ0n) is 12.7. The lowest BCUT2D eigenvalue weighted by molar-refractivity contribution is 0.0218. The molecule has 21 heavy (non-hydrogen) atoms. The summed E-state index contributed by atoms with van der Waals surface area (Å²) in [4.78, 5) is 18.4. The van der Waals surface area contributed by atoms with Gasteiger partial charge < -0.3 is 9.64 Å². The van der Waals surface area contributed by atoms with Crippen molar-refractivity contribution in [3.63, 3.8) is 0 Å². The first-order chi connectivity index (χ1) is 9.87. The SMILES string of the molecule is CC(C)(C)OC(=O)N1CCC([S@](=O)c2ccncc2)CC1. The quantitative estimate of drug-likeness (QED) is 0.842. The van der Waals surface area contributed by atoms with Crippen LogP contribution in [0.5, 0.6) is 0 Å². The predicted octanol–water partition coefficient (Wildman–Crippen LogP) is 2.59. The topological polar surface area (TPSA) is 59.5 Å². The van der Waals surface area contributed by atoms with Crippen LogP contribution in [0.25, 0.3) is 0 Å². The van der Waals surface area contributed by atoms with E-state index < -0.39 is 16.4 Å². The van der Waals surface area contributed by atoms with Gasteiger partial charge in [0.05, 0.1) is 10.8 Å². The van der Waals surface area contributed by atoms with E-state index in [1.54, 1.807) is 29.4 Å². The van der Waals surface area contributed by atoms with Crippen LogP contribution in [-0.4, -0.2) is 44.1 Å². The van der Waals surface area contributed by atoms with E-state index >= 15 is 0 Å². The van der Waals surface area contributed by atoms with E-state index in [1.807, 2.05) is 20.8 Å². The monoisotopic (exact) mass is 310 g/mol. The highest BCUT2D eigenvalue weighted by molar-refractivity contribution is 7.85. The van der Waals surface area contributed by atoms with Crippen molar-refractivity contribution in [3.05, 3.63) is 24.5 Å². The second-order valence-corrected chi connectivity index (χ2v) is 7.88. The van der Waals surface area contributed by atoms with Gasteiger partial charge in [0.1, 0.15) is 5.60 Å². The Hall–Kier alpha value is -1.43. The summed E-state index contributed by atoms with van der Waals surface area (Å²) in [7, 11) is -1.04. The average molecular weight is 310 g/mol. The van der Waals surface area contributed by atoms with Gasteiger partial charge in [-0.1, -0.05) is 0 Å². The second-order valence-electron chi connectivity index (χ2n) is 6.15. The van der Waals surface area contributed by atoms with Crippen molar-refractivity contribution >= 4 is 16.9 Å². The molecule has 0 unspecified atom stereocenters. The number of pyridine rings is 1. The van der Waals surface area contributed by atoms with Crippen molar-refractivity contribution < 1.29 is 13.7 Å². The van der Waals surface area contributed by atoms with Crippen LogP contribution in [0.2, 0.25) is 0 Å². The van der Waals surface area contributed by atoms with Gasteiger partial charge in [0.15, 0.2) is 0 Å². The summed E-state index contributed by atoms with van der Waals surface area (Å²) in [5.41, 5.74) is -0.478. The van der Waals surface area contributed by atoms with Gasteiger partial charge in [-0.15, -0.1) is 0 Å². The molecule has 1 fully saturated rings. The van der Waals surface area contributed by atoms with Crippen molar-refractivity contribution in [2.45, 2.75) is 49.4 Å². The fourth-order valence-corrected chi connectivity index (χ4v) is 3.66. The molecule has 116 valence electrons. The minimum atomic E-state index is -1.04. The van der Waals surface area contributed by atoms with Crippen LogP contribution in [0.1, 0.15) is 33.6 Å². The maximum absolute atomic E-state index is 12.5. The maximum atomic E-state index is 12.5. The van der Waals surface area contributed by atoms with Gasteiger partial charge in [-0.3, -0.25) is 9.19 Å². The van der Waals surface area contributed by atoms with Crippen LogP contribution in [-0.2, 0) is 15.5 Å². The summed E-state index contributed by atoms with van der Waals surface area (Å²) in [5.74, 6) is 0. The van der Waals surface area contributed by atoms with Gasteiger partial charge >= 0.3 is 6.09 Å². The van der Waals surface area contributed by atoms with E-state index in [1.165, 1.54) is 0 Å². The van der Waals surface area contributed by atoms with Gasteiger partial charge in [-0.2, -0.15) is 0 Å². The molecule has 1 aliphatic rings. The third-order valence-electron chi connectivity index (χ3n) is 3.28. The molecule has 1 aromatic rings. The van der Waals surface area contributed by atoms with E-state index in [-0.39, 0.29) is 11.3 Å². The number of rotatable bonds is 2. The molecular formula is C15H22N2O3S. The van der Waals surface area contributed by atoms with Crippen LogP contribution >= 0.6 is 0 Å². The Bertz CT molecular complexity index is 505. The summed E-state index contributed by atoms with van der Waals surface area (Å²) >= 11 is 0. The fraction of sp³-hybridized carbons (Fsp3) is 0.600. The van der Waals surface area contributed by atoms with Crippen molar-refractivity contribution in [1.29, 1.82) is 0 Å². The highest BCUT2D eigenvalue weighted by Crippen LogP contribution is 2.22. The number of piperidine rings is 1. The van der Waals surface area contributed by atoms with Crippen LogP contribution in [0.15, 0.2) is 29.4 Å². The zero-order chi connectivity index (χ0) is 15.5. The average Bonchev–Trinajstić information content (AvgIpc) is 2.46. The molecule has 6 heteroatoms. The van der Waals surface area contributed by atoms with E-state index in [9.17, 15) is 9.00 Å². The summed E-state index contributed by atoms with van der Waals surface area (Å²) in [6.07, 6.45) is 4.49. The molecule has 1 aliphatic heterocycles. The van der Waals surface area contributed by atoms with Gasteiger partial charge in [0.2, 0.25) is 0 Å². The zero-order valence-corrected chi connectivity index (χ0v) is 13.6. The highest BCUT2D eigenvalue weighted by Gasteiger charge is 2.29. The standard InChI is InChI=1S/C15H22N2O3S/c1-15(2,3)20-14(18)17-10-6-13(7-11-17)21(19)12-4-8-16-9-5-12/h4-5,8-9,13H,6-7,10-11H2,1-3H3/t21-/m1/s1. The number of carbonyl (C=O) groups excluding carboxylic acids is 1. The lowest BCUT2D eigenvalue weighted by Gasteiger charge is -2.33. The van der Waals surface area contributed by atoms with Gasteiger partial charge in [-0.25, -0.2) is 4.79 Å².